The Morgan fingerprint density at radius 1 is 0.516 bits per heavy atom. The maximum atomic E-state index is 13.0. The topological polar surface area (TPSA) is 153 Å². The molecule has 0 bridgehead atoms. The molecular formula is C50H60O12. The van der Waals surface area contributed by atoms with Gasteiger partial charge in [-0.3, -0.25) is 0 Å². The molecule has 0 aromatic heterocycles. The summed E-state index contributed by atoms with van der Waals surface area (Å²) in [5.41, 5.74) is 1.09. The predicted molar refractivity (Wildman–Crippen MR) is 233 cm³/mol. The van der Waals surface area contributed by atoms with Gasteiger partial charge in [0.05, 0.1) is 42.1 Å². The molecule has 12 nitrogen and oxygen atoms in total. The Kier molecular flexibility index (Phi) is 19.8. The molecule has 1 saturated heterocycles. The van der Waals surface area contributed by atoms with E-state index in [2.05, 4.69) is 13.8 Å². The average Bonchev–Trinajstić information content (AvgIpc) is 3.29. The van der Waals surface area contributed by atoms with Crippen molar-refractivity contribution in [2.75, 3.05) is 26.4 Å². The lowest BCUT2D eigenvalue weighted by atomic mass is 10.0. The van der Waals surface area contributed by atoms with Crippen molar-refractivity contribution in [2.24, 2.45) is 0 Å². The summed E-state index contributed by atoms with van der Waals surface area (Å²) in [6.07, 6.45) is 11.2. The minimum absolute atomic E-state index is 0.160. The fraction of sp³-hybridized carbons (Fsp3) is 0.440. The van der Waals surface area contributed by atoms with Crippen LogP contribution in [0.1, 0.15) is 139 Å². The lowest BCUT2D eigenvalue weighted by molar-refractivity contribution is -0.150. The van der Waals surface area contributed by atoms with E-state index < -0.39 is 42.2 Å². The van der Waals surface area contributed by atoms with Crippen LogP contribution in [0.15, 0.2) is 97.1 Å². The second-order valence-corrected chi connectivity index (χ2v) is 15.3. The van der Waals surface area contributed by atoms with Crippen molar-refractivity contribution in [3.63, 3.8) is 0 Å². The minimum Gasteiger partial charge on any atom is -0.494 e. The fourth-order valence-electron chi connectivity index (χ4n) is 6.74. The summed E-state index contributed by atoms with van der Waals surface area (Å²) >= 11 is 0. The molecular weight excluding hydrogens is 793 g/mol. The number of carbonyl (C=O) groups is 4. The second kappa shape index (κ2) is 25.9. The Balaban J connectivity index is 1.00. The third-order valence-corrected chi connectivity index (χ3v) is 10.4. The quantitative estimate of drug-likeness (QED) is 0.0384. The van der Waals surface area contributed by atoms with Gasteiger partial charge >= 0.3 is 23.9 Å². The van der Waals surface area contributed by atoms with E-state index in [9.17, 15) is 24.3 Å². The molecule has 5 rings (SSSR count). The Bertz CT molecular complexity index is 1960. The summed E-state index contributed by atoms with van der Waals surface area (Å²) in [5, 5.41) is 11.0. The highest BCUT2D eigenvalue weighted by molar-refractivity contribution is 5.93. The van der Waals surface area contributed by atoms with E-state index in [0.29, 0.717) is 35.8 Å². The lowest BCUT2D eigenvalue weighted by Gasteiger charge is -2.34. The lowest BCUT2D eigenvalue weighted by Crippen LogP contribution is -2.48. The largest absolute Gasteiger partial charge is 0.494 e. The molecule has 0 radical (unpaired) electrons. The molecule has 1 fully saturated rings. The first-order valence-electron chi connectivity index (χ1n) is 22.0. The van der Waals surface area contributed by atoms with Crippen LogP contribution in [0, 0.1) is 0 Å². The Morgan fingerprint density at radius 3 is 1.35 bits per heavy atom. The van der Waals surface area contributed by atoms with Crippen molar-refractivity contribution in [1.29, 1.82) is 0 Å². The monoisotopic (exact) mass is 852 g/mol. The van der Waals surface area contributed by atoms with E-state index in [1.54, 1.807) is 48.5 Å². The third kappa shape index (κ3) is 15.6. The van der Waals surface area contributed by atoms with Gasteiger partial charge in [0.15, 0.2) is 0 Å². The number of rotatable bonds is 25. The first-order chi connectivity index (χ1) is 30.2. The highest BCUT2D eigenvalue weighted by Crippen LogP contribution is 2.23. The number of esters is 4. The van der Waals surface area contributed by atoms with Gasteiger partial charge in [-0.05, 0) is 110 Å². The van der Waals surface area contributed by atoms with Crippen LogP contribution in [0.4, 0.5) is 0 Å². The molecule has 0 spiro atoms. The summed E-state index contributed by atoms with van der Waals surface area (Å²) in [4.78, 5) is 51.3. The van der Waals surface area contributed by atoms with Gasteiger partial charge in [-0.2, -0.15) is 0 Å². The Labute approximate surface area is 364 Å². The van der Waals surface area contributed by atoms with Gasteiger partial charge < -0.3 is 38.3 Å². The predicted octanol–water partition coefficient (Wildman–Crippen LogP) is 10.1. The van der Waals surface area contributed by atoms with Crippen LogP contribution in [-0.4, -0.2) is 73.7 Å². The highest BCUT2D eigenvalue weighted by Gasteiger charge is 2.36. The zero-order valence-electron chi connectivity index (χ0n) is 35.9. The van der Waals surface area contributed by atoms with Crippen LogP contribution in [0.3, 0.4) is 0 Å². The van der Waals surface area contributed by atoms with Crippen molar-refractivity contribution in [3.05, 3.63) is 119 Å². The van der Waals surface area contributed by atoms with Crippen LogP contribution in [0.25, 0.3) is 0 Å². The zero-order valence-corrected chi connectivity index (χ0v) is 35.9. The molecule has 4 aromatic rings. The average molecular weight is 853 g/mol. The van der Waals surface area contributed by atoms with Crippen LogP contribution >= 0.6 is 0 Å². The Morgan fingerprint density at radius 2 is 0.903 bits per heavy atom. The standard InChI is InChI=1S/C50H60O12/c1-3-5-7-9-11-13-32-56-40-23-15-37(16-24-40)48(53)60-42-27-19-36(20-28-42)47(52)59-35-45-46(51)44(31-34-58-45)62-50(55)39-21-29-43(30-22-39)61-49(54)38-17-25-41(26-18-38)57-33-14-12-10-8-6-4-2/h15-30,44-46,51H,3-14,31-35H2,1-2H3/t44-,45+,46-/m0/s1. The first kappa shape index (κ1) is 47.3. The fourth-order valence-corrected chi connectivity index (χ4v) is 6.74. The second-order valence-electron chi connectivity index (χ2n) is 15.3. The first-order valence-corrected chi connectivity index (χ1v) is 22.0. The van der Waals surface area contributed by atoms with Crippen molar-refractivity contribution >= 4 is 23.9 Å². The number of aliphatic hydroxyl groups is 1. The number of unbranched alkanes of at least 4 members (excludes halogenated alkanes) is 10. The molecule has 0 amide bonds. The number of aliphatic hydroxyl groups excluding tert-OH is 1. The number of hydrogen-bond donors (Lipinski definition) is 1. The summed E-state index contributed by atoms with van der Waals surface area (Å²) in [5.74, 6) is -0.623. The molecule has 1 N–H and O–H groups in total. The molecule has 4 aromatic carbocycles. The van der Waals surface area contributed by atoms with Crippen LogP contribution in [0.5, 0.6) is 23.0 Å². The van der Waals surface area contributed by atoms with E-state index >= 15 is 0 Å². The van der Waals surface area contributed by atoms with Gasteiger partial charge in [-0.15, -0.1) is 0 Å². The van der Waals surface area contributed by atoms with E-state index in [4.69, 9.17) is 33.2 Å². The molecule has 332 valence electrons. The highest BCUT2D eigenvalue weighted by atomic mass is 16.6. The van der Waals surface area contributed by atoms with Crippen LogP contribution in [-0.2, 0) is 14.2 Å². The maximum absolute atomic E-state index is 13.0. The van der Waals surface area contributed by atoms with Crippen molar-refractivity contribution in [1.82, 2.24) is 0 Å². The van der Waals surface area contributed by atoms with Gasteiger partial charge in [0, 0.05) is 6.42 Å². The van der Waals surface area contributed by atoms with Gasteiger partial charge in [-0.25, -0.2) is 19.2 Å². The smallest absolute Gasteiger partial charge is 0.343 e. The maximum Gasteiger partial charge on any atom is 0.343 e. The summed E-state index contributed by atoms with van der Waals surface area (Å²) in [7, 11) is 0. The number of hydrogen-bond acceptors (Lipinski definition) is 12. The Hall–Kier alpha value is -5.72. The SMILES string of the molecule is CCCCCCCCOc1ccc(C(=O)Oc2ccc(C(=O)OC[C@H]3OCC[C@H](OC(=O)c4ccc(OC(=O)c5ccc(OCCCCCCCC)cc5)cc4)[C@@H]3O)cc2)cc1. The van der Waals surface area contributed by atoms with Crippen LogP contribution < -0.4 is 18.9 Å². The summed E-state index contributed by atoms with van der Waals surface area (Å²) in [6, 6.07) is 25.3. The molecule has 1 aliphatic heterocycles. The zero-order chi connectivity index (χ0) is 43.9. The molecule has 0 saturated carbocycles. The molecule has 12 heteroatoms. The van der Waals surface area contributed by atoms with E-state index in [1.165, 1.54) is 99.9 Å². The number of ether oxygens (including phenoxy) is 7. The molecule has 1 aliphatic rings. The van der Waals surface area contributed by atoms with E-state index in [0.717, 1.165) is 25.7 Å². The minimum atomic E-state index is -1.27. The van der Waals surface area contributed by atoms with E-state index in [1.807, 2.05) is 0 Å². The van der Waals surface area contributed by atoms with Crippen molar-refractivity contribution in [3.8, 4) is 23.0 Å². The van der Waals surface area contributed by atoms with Gasteiger partial charge in [0.25, 0.3) is 0 Å². The van der Waals surface area contributed by atoms with Gasteiger partial charge in [0.1, 0.15) is 47.9 Å². The van der Waals surface area contributed by atoms with Crippen molar-refractivity contribution in [2.45, 2.75) is 116 Å². The molecule has 3 atom stereocenters. The summed E-state index contributed by atoms with van der Waals surface area (Å²) < 4.78 is 39.2. The molecule has 62 heavy (non-hydrogen) atoms. The third-order valence-electron chi connectivity index (χ3n) is 10.4. The van der Waals surface area contributed by atoms with Gasteiger partial charge in [0.2, 0.25) is 0 Å². The summed E-state index contributed by atoms with van der Waals surface area (Å²) in [6.45, 7) is 5.51. The molecule has 0 aliphatic carbocycles. The van der Waals surface area contributed by atoms with Gasteiger partial charge in [-0.1, -0.05) is 78.1 Å². The van der Waals surface area contributed by atoms with Crippen molar-refractivity contribution < 1.29 is 57.4 Å². The number of carbonyl (C=O) groups excluding carboxylic acids is 4. The normalized spacial score (nSPS) is 15.9. The van der Waals surface area contributed by atoms with Crippen LogP contribution in [0.2, 0.25) is 0 Å². The number of benzene rings is 4. The molecule has 0 unspecified atom stereocenters. The molecule has 1 heterocycles. The van der Waals surface area contributed by atoms with E-state index in [-0.39, 0.29) is 42.3 Å².